The monoisotopic (exact) mass is 74.0 g/mol. The molecule has 5 heavy (non-hydrogen) atoms. The molecule has 0 aromatic rings. The van der Waals surface area contributed by atoms with E-state index in [1.165, 1.54) is 0 Å². The van der Waals surface area contributed by atoms with Gasteiger partial charge in [-0.25, -0.2) is 0 Å². The van der Waals surface area contributed by atoms with Gasteiger partial charge in [0.1, 0.15) is 0 Å². The summed E-state index contributed by atoms with van der Waals surface area (Å²) in [5, 5.41) is 2.24. The molecule has 0 aromatic heterocycles. The van der Waals surface area contributed by atoms with Crippen molar-refractivity contribution in [1.82, 2.24) is 0 Å². The maximum Gasteiger partial charge on any atom is 0.325 e. The molecule has 0 saturated carbocycles. The van der Waals surface area contributed by atoms with E-state index in [0.29, 0.717) is 0 Å². The molecule has 28 valence electrons. The second-order valence-electron chi connectivity index (χ2n) is 0.293. The molecule has 0 rings (SSSR count). The average Bonchev–Trinajstić information content (AvgIpc) is 1.41. The fourth-order valence-corrected chi connectivity index (χ4v) is 0.0215. The summed E-state index contributed by atoms with van der Waals surface area (Å²) < 4.78 is 0. The van der Waals surface area contributed by atoms with E-state index < -0.39 is 0 Å². The Bertz CT molecular complexity index is 36.9. The van der Waals surface area contributed by atoms with Crippen molar-refractivity contribution in [3.8, 4) is 0 Å². The Morgan fingerprint density at radius 1 is 2.00 bits per heavy atom. The minimum Gasteiger partial charge on any atom is -0.304 e. The lowest BCUT2D eigenvalue weighted by Gasteiger charge is -1.66. The van der Waals surface area contributed by atoms with Gasteiger partial charge in [0.05, 0.1) is 0 Å². The summed E-state index contributed by atoms with van der Waals surface area (Å²) in [5.41, 5.74) is 5.77. The number of hydrogen-bond acceptors (Lipinski definition) is 4. The van der Waals surface area contributed by atoms with Crippen LogP contribution in [0.25, 0.3) is 0 Å². The minimum absolute atomic E-state index is 0.0764. The van der Waals surface area contributed by atoms with E-state index in [0.717, 1.165) is 0 Å². The lowest BCUT2D eigenvalue weighted by Crippen LogP contribution is -1.66. The quantitative estimate of drug-likeness (QED) is 0.287. The molecule has 0 aromatic carbocycles. The van der Waals surface area contributed by atoms with Crippen LogP contribution in [0.3, 0.4) is 0 Å². The Morgan fingerprint density at radius 3 is 2.60 bits per heavy atom. The van der Waals surface area contributed by atoms with Gasteiger partial charge in [0.25, 0.3) is 0 Å². The molecule has 0 aliphatic carbocycles. The number of nitrogens with zero attached hydrogens (tertiary/aromatic N) is 1. The highest BCUT2D eigenvalue weighted by Crippen LogP contribution is 1.55. The molecule has 0 heterocycles. The molecule has 0 saturated heterocycles. The van der Waals surface area contributed by atoms with Gasteiger partial charge < -0.3 is 4.84 Å². The van der Waals surface area contributed by atoms with Crippen molar-refractivity contribution >= 4 is 6.47 Å². The van der Waals surface area contributed by atoms with Gasteiger partial charge in [0.15, 0.2) is 0 Å². The number of hydrogen-bond donors (Lipinski definition) is 1. The summed E-state index contributed by atoms with van der Waals surface area (Å²) in [7, 11) is 0. The molecule has 0 atom stereocenters. The summed E-state index contributed by atoms with van der Waals surface area (Å²) in [4.78, 5) is 12.4. The first-order chi connectivity index (χ1) is 2.41. The molecule has 4 heteroatoms. The van der Waals surface area contributed by atoms with Crippen LogP contribution in [0.1, 0.15) is 0 Å². The SMILES string of the molecule is N=NOC=O. The Morgan fingerprint density at radius 2 is 2.60 bits per heavy atom. The summed E-state index contributed by atoms with van der Waals surface area (Å²) in [6.45, 7) is 0.0764. The maximum atomic E-state index is 8.97. The summed E-state index contributed by atoms with van der Waals surface area (Å²) in [6.07, 6.45) is 0. The predicted molar refractivity (Wildman–Crippen MR) is 12.3 cm³/mol. The first-order valence-corrected chi connectivity index (χ1v) is 0.878. The molecule has 1 N–H and O–H groups in total. The zero-order chi connectivity index (χ0) is 4.12. The average molecular weight is 74.0 g/mol. The van der Waals surface area contributed by atoms with Crippen molar-refractivity contribution in [3.05, 3.63) is 0 Å². The first kappa shape index (κ1) is 4.07. The van der Waals surface area contributed by atoms with Crippen molar-refractivity contribution in [2.45, 2.75) is 0 Å². The zero-order valence-corrected chi connectivity index (χ0v) is 2.34. The van der Waals surface area contributed by atoms with Crippen molar-refractivity contribution in [2.24, 2.45) is 5.28 Å². The van der Waals surface area contributed by atoms with Crippen LogP contribution in [-0.2, 0) is 9.63 Å². The Hall–Kier alpha value is -0.930. The van der Waals surface area contributed by atoms with Gasteiger partial charge in [0, 0.05) is 5.28 Å². The number of carbonyl (C=O) groups is 1. The van der Waals surface area contributed by atoms with Crippen LogP contribution in [-0.4, -0.2) is 6.47 Å². The number of carbonyl (C=O) groups excluding carboxylic acids is 1. The molecule has 0 aliphatic heterocycles. The highest BCUT2D eigenvalue weighted by Gasteiger charge is 1.56. The predicted octanol–water partition coefficient (Wildman–Crippen LogP) is 0.105. The van der Waals surface area contributed by atoms with Gasteiger partial charge in [-0.3, -0.25) is 4.79 Å². The molecule has 0 spiro atoms. The van der Waals surface area contributed by atoms with Crippen molar-refractivity contribution in [1.29, 1.82) is 5.53 Å². The third-order valence-electron chi connectivity index (χ3n) is 0.0957. The van der Waals surface area contributed by atoms with Gasteiger partial charge >= 0.3 is 6.47 Å². The molecule has 0 aliphatic rings. The summed E-state index contributed by atoms with van der Waals surface area (Å²) >= 11 is 0. The van der Waals surface area contributed by atoms with Gasteiger partial charge in [-0.15, -0.1) is 0 Å². The molecule has 0 amide bonds. The van der Waals surface area contributed by atoms with Gasteiger partial charge in [-0.05, 0) is 0 Å². The van der Waals surface area contributed by atoms with Crippen molar-refractivity contribution in [3.63, 3.8) is 0 Å². The van der Waals surface area contributed by atoms with Crippen molar-refractivity contribution < 1.29 is 9.63 Å². The molecule has 4 nitrogen and oxygen atoms in total. The van der Waals surface area contributed by atoms with Crippen molar-refractivity contribution in [2.75, 3.05) is 0 Å². The molecule has 0 fully saturated rings. The van der Waals surface area contributed by atoms with E-state index in [1.807, 2.05) is 0 Å². The van der Waals surface area contributed by atoms with E-state index in [9.17, 15) is 0 Å². The van der Waals surface area contributed by atoms with Gasteiger partial charge in [0.2, 0.25) is 0 Å². The van der Waals surface area contributed by atoms with Crippen LogP contribution in [0.4, 0.5) is 0 Å². The van der Waals surface area contributed by atoms with Crippen LogP contribution < -0.4 is 0 Å². The van der Waals surface area contributed by atoms with Gasteiger partial charge in [-0.2, -0.15) is 5.53 Å². The third-order valence-corrected chi connectivity index (χ3v) is 0.0957. The molecule has 0 bridgehead atoms. The highest BCUT2D eigenvalue weighted by atomic mass is 16.7. The topological polar surface area (TPSA) is 62.5 Å². The van der Waals surface area contributed by atoms with E-state index in [1.54, 1.807) is 0 Å². The fourth-order valence-electron chi connectivity index (χ4n) is 0.0215. The lowest BCUT2D eigenvalue weighted by atomic mass is 11.6. The number of rotatable bonds is 2. The fraction of sp³-hybridized carbons (Fsp3) is 0. The second-order valence-corrected chi connectivity index (χ2v) is 0.293. The van der Waals surface area contributed by atoms with E-state index in [4.69, 9.17) is 10.3 Å². The summed E-state index contributed by atoms with van der Waals surface area (Å²) in [6, 6.07) is 0. The van der Waals surface area contributed by atoms with E-state index in [2.05, 4.69) is 10.1 Å². The normalized spacial score (nSPS) is 5.60. The molecular formula is CH2N2O2. The van der Waals surface area contributed by atoms with Crippen LogP contribution in [0.2, 0.25) is 0 Å². The maximum absolute atomic E-state index is 8.97. The van der Waals surface area contributed by atoms with Crippen LogP contribution >= 0.6 is 0 Å². The largest absolute Gasteiger partial charge is 0.325 e. The summed E-state index contributed by atoms with van der Waals surface area (Å²) in [5.74, 6) is 0. The van der Waals surface area contributed by atoms with Gasteiger partial charge in [-0.1, -0.05) is 0 Å². The first-order valence-electron chi connectivity index (χ1n) is 0.878. The van der Waals surface area contributed by atoms with Crippen LogP contribution in [0, 0.1) is 5.53 Å². The Balaban J connectivity index is 2.65. The highest BCUT2D eigenvalue weighted by molar-refractivity contribution is 5.36. The Kier molecular flexibility index (Phi) is 2.50. The molecular weight excluding hydrogens is 72.0 g/mol. The molecule has 0 radical (unpaired) electrons. The zero-order valence-electron chi connectivity index (χ0n) is 2.34. The van der Waals surface area contributed by atoms with Crippen LogP contribution in [0.15, 0.2) is 5.28 Å². The van der Waals surface area contributed by atoms with E-state index in [-0.39, 0.29) is 6.47 Å². The molecule has 0 unspecified atom stereocenters. The lowest BCUT2D eigenvalue weighted by molar-refractivity contribution is -0.129. The Labute approximate surface area is 28.2 Å². The minimum atomic E-state index is 0.0764. The smallest absolute Gasteiger partial charge is 0.304 e. The van der Waals surface area contributed by atoms with E-state index >= 15 is 0 Å². The van der Waals surface area contributed by atoms with Crippen LogP contribution in [0.5, 0.6) is 0 Å². The second kappa shape index (κ2) is 3.07. The third kappa shape index (κ3) is 3.07. The number of nitrogens with one attached hydrogen (secondary N) is 1. The standard InChI is InChI=1S/CH2N2O2/c2-3-5-1-4/h1-2H.